The molecule has 0 saturated carbocycles. The van der Waals surface area contributed by atoms with E-state index < -0.39 is 11.3 Å². The summed E-state index contributed by atoms with van der Waals surface area (Å²) in [7, 11) is 1.37. The van der Waals surface area contributed by atoms with Gasteiger partial charge in [-0.05, 0) is 0 Å². The molecule has 38 heavy (non-hydrogen) atoms. The second-order valence-electron chi connectivity index (χ2n) is 9.23. The molecule has 0 N–H and O–H groups in total. The van der Waals surface area contributed by atoms with E-state index in [9.17, 15) is 9.18 Å². The van der Waals surface area contributed by atoms with Crippen molar-refractivity contribution in [2.45, 2.75) is 6.16 Å². The van der Waals surface area contributed by atoms with E-state index in [0.717, 1.165) is 11.1 Å². The van der Waals surface area contributed by atoms with E-state index in [1.165, 1.54) is 35.2 Å². The first-order valence-corrected chi connectivity index (χ1v) is 16.7. The van der Waals surface area contributed by atoms with E-state index in [-0.39, 0.29) is 5.82 Å². The van der Waals surface area contributed by atoms with Gasteiger partial charge in [-0.2, -0.15) is 0 Å². The molecule has 5 aromatic carbocycles. The monoisotopic (exact) mass is 584 g/mol. The van der Waals surface area contributed by atoms with Gasteiger partial charge in [0.25, 0.3) is 0 Å². The summed E-state index contributed by atoms with van der Waals surface area (Å²) in [5.41, 5.74) is 2.95. The molecule has 0 aliphatic heterocycles. The van der Waals surface area contributed by atoms with E-state index in [1.54, 1.807) is 12.1 Å². The fraction of sp³-hybridized carbons (Fsp3) is 0.0606. The standard InChI is InChI=1S/C33H27BrFO2P/c1-37-33(36)31-22-17-25(23-32(31)26-18-20-27(35)21-19-26)24-38(34,28-11-5-2-6-12-28,29-13-7-3-8-14-29)30-15-9-4-10-16-30/h2-23H,24H2,1H3. The van der Waals surface area contributed by atoms with E-state index in [0.29, 0.717) is 17.3 Å². The minimum atomic E-state index is -3.24. The summed E-state index contributed by atoms with van der Waals surface area (Å²) < 4.78 is 18.8. The van der Waals surface area contributed by atoms with Crippen LogP contribution in [-0.4, -0.2) is 13.1 Å². The Morgan fingerprint density at radius 2 is 1.18 bits per heavy atom. The molecule has 0 saturated heterocycles. The Hall–Kier alpha value is -3.59. The molecule has 0 atom stereocenters. The summed E-state index contributed by atoms with van der Waals surface area (Å²) in [6.07, 6.45) is 0.666. The van der Waals surface area contributed by atoms with Crippen molar-refractivity contribution in [1.29, 1.82) is 0 Å². The quantitative estimate of drug-likeness (QED) is 0.145. The van der Waals surface area contributed by atoms with Crippen LogP contribution in [0.1, 0.15) is 15.9 Å². The second kappa shape index (κ2) is 10.6. The first-order valence-electron chi connectivity index (χ1n) is 12.3. The van der Waals surface area contributed by atoms with Gasteiger partial charge in [-0.3, -0.25) is 0 Å². The molecule has 0 aromatic heterocycles. The first-order chi connectivity index (χ1) is 18.4. The predicted octanol–water partition coefficient (Wildman–Crippen LogP) is 7.62. The van der Waals surface area contributed by atoms with Gasteiger partial charge in [0.2, 0.25) is 0 Å². The number of esters is 1. The molecule has 5 heteroatoms. The van der Waals surface area contributed by atoms with Gasteiger partial charge in [0.15, 0.2) is 0 Å². The molecular formula is C33H27BrFO2P. The third kappa shape index (κ3) is 4.60. The normalized spacial score (nSPS) is 12.3. The Bertz CT molecular complexity index is 1460. The summed E-state index contributed by atoms with van der Waals surface area (Å²) in [6, 6.07) is 43.8. The van der Waals surface area contributed by atoms with Crippen LogP contribution in [0.3, 0.4) is 0 Å². The van der Waals surface area contributed by atoms with Crippen molar-refractivity contribution in [1.82, 2.24) is 0 Å². The van der Waals surface area contributed by atoms with Crippen LogP contribution in [0.4, 0.5) is 4.39 Å². The van der Waals surface area contributed by atoms with Crippen LogP contribution in [0, 0.1) is 5.82 Å². The summed E-state index contributed by atoms with van der Waals surface area (Å²) >= 11 is 4.50. The van der Waals surface area contributed by atoms with Gasteiger partial charge in [-0.15, -0.1) is 0 Å². The van der Waals surface area contributed by atoms with Gasteiger partial charge in [0, 0.05) is 0 Å². The molecule has 0 fully saturated rings. The number of benzene rings is 5. The van der Waals surface area contributed by atoms with Gasteiger partial charge in [0.05, 0.1) is 0 Å². The molecule has 0 aliphatic carbocycles. The first kappa shape index (κ1) is 26.0. The summed E-state index contributed by atoms with van der Waals surface area (Å²) in [6.45, 7) is 0. The zero-order valence-electron chi connectivity index (χ0n) is 20.9. The van der Waals surface area contributed by atoms with Crippen LogP contribution < -0.4 is 15.9 Å². The van der Waals surface area contributed by atoms with Crippen molar-refractivity contribution in [3.05, 3.63) is 150 Å². The molecule has 0 unspecified atom stereocenters. The molecule has 5 aromatic rings. The molecule has 0 heterocycles. The van der Waals surface area contributed by atoms with E-state index in [4.69, 9.17) is 4.74 Å². The number of methoxy groups -OCH3 is 1. The number of carbonyl (C=O) groups is 1. The maximum atomic E-state index is 13.8. The Kier molecular flexibility index (Phi) is 7.29. The molecule has 0 aliphatic rings. The molecule has 5 rings (SSSR count). The zero-order valence-corrected chi connectivity index (χ0v) is 23.4. The van der Waals surface area contributed by atoms with Gasteiger partial charge < -0.3 is 0 Å². The second-order valence-corrected chi connectivity index (χ2v) is 18.2. The summed E-state index contributed by atoms with van der Waals surface area (Å²) in [5, 5.41) is 0.377. The Morgan fingerprint density at radius 3 is 1.63 bits per heavy atom. The van der Waals surface area contributed by atoms with Crippen LogP contribution in [0.2, 0.25) is 0 Å². The molecule has 0 spiro atoms. The van der Waals surface area contributed by atoms with Crippen molar-refractivity contribution in [2.75, 3.05) is 7.11 Å². The fourth-order valence-electron chi connectivity index (χ4n) is 5.13. The van der Waals surface area contributed by atoms with Crippen molar-refractivity contribution < 1.29 is 13.9 Å². The summed E-state index contributed by atoms with van der Waals surface area (Å²) in [4.78, 5) is 12.7. The van der Waals surface area contributed by atoms with Gasteiger partial charge in [0.1, 0.15) is 0 Å². The van der Waals surface area contributed by atoms with E-state index >= 15 is 0 Å². The number of hydrogen-bond acceptors (Lipinski definition) is 2. The van der Waals surface area contributed by atoms with Crippen LogP contribution in [0.5, 0.6) is 0 Å². The topological polar surface area (TPSA) is 26.3 Å². The number of rotatable bonds is 7. The molecule has 190 valence electrons. The van der Waals surface area contributed by atoms with Gasteiger partial charge >= 0.3 is 231 Å². The van der Waals surface area contributed by atoms with Crippen molar-refractivity contribution >= 4 is 42.7 Å². The number of carbonyl (C=O) groups excluding carboxylic acids is 1. The molecule has 0 radical (unpaired) electrons. The van der Waals surface area contributed by atoms with Crippen molar-refractivity contribution in [2.24, 2.45) is 0 Å². The third-order valence-electron chi connectivity index (χ3n) is 7.01. The van der Waals surface area contributed by atoms with Crippen LogP contribution >= 0.6 is 20.8 Å². The molecule has 0 bridgehead atoms. The SMILES string of the molecule is COC(=O)c1ccc(CP(Br)(c2ccccc2)(c2ccccc2)c2ccccc2)cc1-c1ccc(F)cc1. The number of ether oxygens (including phenoxy) is 1. The van der Waals surface area contributed by atoms with Gasteiger partial charge in [-0.25, -0.2) is 0 Å². The van der Waals surface area contributed by atoms with Crippen molar-refractivity contribution in [3.63, 3.8) is 0 Å². The Balaban J connectivity index is 1.79. The van der Waals surface area contributed by atoms with Crippen LogP contribution in [0.25, 0.3) is 11.1 Å². The Labute approximate surface area is 230 Å². The van der Waals surface area contributed by atoms with Crippen LogP contribution in [-0.2, 0) is 10.9 Å². The maximum absolute atomic E-state index is 13.8. The minimum absolute atomic E-state index is 0.327. The Morgan fingerprint density at radius 1 is 0.711 bits per heavy atom. The fourth-order valence-corrected chi connectivity index (χ4v) is 12.8. The predicted molar refractivity (Wildman–Crippen MR) is 161 cm³/mol. The third-order valence-corrected chi connectivity index (χ3v) is 16.5. The molecule has 0 amide bonds. The molecule has 2 nitrogen and oxygen atoms in total. The van der Waals surface area contributed by atoms with E-state index in [2.05, 4.69) is 88.3 Å². The van der Waals surface area contributed by atoms with E-state index in [1.807, 2.05) is 36.4 Å². The van der Waals surface area contributed by atoms with Gasteiger partial charge in [-0.1, -0.05) is 0 Å². The number of halogens is 2. The summed E-state index contributed by atoms with van der Waals surface area (Å²) in [5.74, 6) is -0.756. The molecular weight excluding hydrogens is 558 g/mol. The average molecular weight is 585 g/mol. The number of hydrogen-bond donors (Lipinski definition) is 0. The van der Waals surface area contributed by atoms with Crippen LogP contribution in [0.15, 0.2) is 133 Å². The van der Waals surface area contributed by atoms with Crippen molar-refractivity contribution in [3.8, 4) is 11.1 Å². The average Bonchev–Trinajstić information content (AvgIpc) is 2.98. The zero-order chi connectivity index (χ0) is 26.6.